The summed E-state index contributed by atoms with van der Waals surface area (Å²) in [6, 6.07) is 9.10. The van der Waals surface area contributed by atoms with Gasteiger partial charge in [-0.05, 0) is 30.3 Å². The molecular weight excluding hydrogens is 346 g/mol. The van der Waals surface area contributed by atoms with Gasteiger partial charge in [0.25, 0.3) is 0 Å². The standard InChI is InChI=1S/C20H17N3O4/c1-25-13-5-6-15(17(9-13)26-2)23-19-10-16(24)18(27-19)8-12-11-22-20-14(12)4-3-7-21-20/h3-11,23H,1-2H3,(H,21,22)/b18-8-. The van der Waals surface area contributed by atoms with Crippen LogP contribution in [0.25, 0.3) is 17.1 Å². The summed E-state index contributed by atoms with van der Waals surface area (Å²) >= 11 is 0. The summed E-state index contributed by atoms with van der Waals surface area (Å²) in [5, 5.41) is 3.98. The molecule has 2 N–H and O–H groups in total. The van der Waals surface area contributed by atoms with Crippen molar-refractivity contribution >= 4 is 28.6 Å². The van der Waals surface area contributed by atoms with Crippen molar-refractivity contribution in [2.45, 2.75) is 0 Å². The number of hydrogen-bond acceptors (Lipinski definition) is 6. The number of carbonyl (C=O) groups is 1. The van der Waals surface area contributed by atoms with Crippen molar-refractivity contribution in [3.63, 3.8) is 0 Å². The molecule has 0 aliphatic carbocycles. The number of benzene rings is 1. The Hall–Kier alpha value is -3.74. The smallest absolute Gasteiger partial charge is 0.226 e. The van der Waals surface area contributed by atoms with E-state index in [-0.39, 0.29) is 11.5 Å². The van der Waals surface area contributed by atoms with E-state index in [1.165, 1.54) is 6.08 Å². The van der Waals surface area contributed by atoms with Gasteiger partial charge in [0, 0.05) is 29.4 Å². The fourth-order valence-corrected chi connectivity index (χ4v) is 2.82. The van der Waals surface area contributed by atoms with Gasteiger partial charge < -0.3 is 24.5 Å². The predicted octanol–water partition coefficient (Wildman–Crippen LogP) is 3.47. The number of carbonyl (C=O) groups excluding carboxylic acids is 1. The van der Waals surface area contributed by atoms with Crippen molar-refractivity contribution in [2.24, 2.45) is 0 Å². The first-order chi connectivity index (χ1) is 13.2. The lowest BCUT2D eigenvalue weighted by atomic mass is 10.2. The lowest BCUT2D eigenvalue weighted by molar-refractivity contribution is -0.112. The average molecular weight is 363 g/mol. The molecule has 0 atom stereocenters. The van der Waals surface area contributed by atoms with Crippen LogP contribution in [0.15, 0.2) is 60.4 Å². The molecule has 0 spiro atoms. The van der Waals surface area contributed by atoms with Crippen LogP contribution in [0, 0.1) is 0 Å². The van der Waals surface area contributed by atoms with E-state index in [0.717, 1.165) is 16.6 Å². The number of hydrogen-bond donors (Lipinski definition) is 2. The van der Waals surface area contributed by atoms with Crippen molar-refractivity contribution in [1.82, 2.24) is 9.97 Å². The molecule has 0 saturated carbocycles. The summed E-state index contributed by atoms with van der Waals surface area (Å²) in [6.45, 7) is 0. The highest BCUT2D eigenvalue weighted by Gasteiger charge is 2.22. The molecule has 1 aliphatic rings. The largest absolute Gasteiger partial charge is 0.497 e. The Morgan fingerprint density at radius 3 is 2.93 bits per heavy atom. The Bertz CT molecular complexity index is 1080. The summed E-state index contributed by atoms with van der Waals surface area (Å²) < 4.78 is 16.2. The maximum atomic E-state index is 12.3. The Kier molecular flexibility index (Phi) is 4.25. The quantitative estimate of drug-likeness (QED) is 0.675. The number of nitrogens with one attached hydrogen (secondary N) is 2. The molecule has 3 heterocycles. The zero-order chi connectivity index (χ0) is 18.8. The van der Waals surface area contributed by atoms with Crippen molar-refractivity contribution < 1.29 is 19.0 Å². The Morgan fingerprint density at radius 2 is 2.11 bits per heavy atom. The molecule has 0 unspecified atom stereocenters. The van der Waals surface area contributed by atoms with Crippen LogP contribution in [-0.2, 0) is 9.53 Å². The molecule has 4 rings (SSSR count). The number of fused-ring (bicyclic) bond motifs is 1. The van der Waals surface area contributed by atoms with Crippen LogP contribution in [0.1, 0.15) is 5.56 Å². The molecule has 136 valence electrons. The van der Waals surface area contributed by atoms with Crippen molar-refractivity contribution in [3.05, 3.63) is 66.0 Å². The van der Waals surface area contributed by atoms with E-state index >= 15 is 0 Å². The number of methoxy groups -OCH3 is 2. The SMILES string of the molecule is COc1ccc(NC2=CC(=O)/C(=C/c3c[nH]c4ncccc34)O2)c(OC)c1. The summed E-state index contributed by atoms with van der Waals surface area (Å²) in [6.07, 6.45) is 6.60. The third-order valence-corrected chi connectivity index (χ3v) is 4.16. The molecule has 2 aromatic heterocycles. The number of ketones is 1. The van der Waals surface area contributed by atoms with Gasteiger partial charge in [0.1, 0.15) is 17.1 Å². The molecule has 1 aliphatic heterocycles. The lowest BCUT2D eigenvalue weighted by Gasteiger charge is -2.12. The highest BCUT2D eigenvalue weighted by Crippen LogP contribution is 2.32. The molecule has 27 heavy (non-hydrogen) atoms. The zero-order valence-corrected chi connectivity index (χ0v) is 14.8. The number of allylic oxidation sites excluding steroid dienone is 1. The number of anilines is 1. The van der Waals surface area contributed by atoms with Crippen molar-refractivity contribution in [1.29, 1.82) is 0 Å². The summed E-state index contributed by atoms with van der Waals surface area (Å²) in [4.78, 5) is 19.6. The summed E-state index contributed by atoms with van der Waals surface area (Å²) in [7, 11) is 3.14. The second-order valence-electron chi connectivity index (χ2n) is 5.82. The number of aromatic amines is 1. The molecule has 0 saturated heterocycles. The number of ether oxygens (including phenoxy) is 3. The number of nitrogens with zero attached hydrogens (tertiary/aromatic N) is 1. The lowest BCUT2D eigenvalue weighted by Crippen LogP contribution is -2.01. The van der Waals surface area contributed by atoms with Gasteiger partial charge in [-0.15, -0.1) is 0 Å². The maximum Gasteiger partial charge on any atom is 0.226 e. The van der Waals surface area contributed by atoms with Crippen LogP contribution in [0.4, 0.5) is 5.69 Å². The van der Waals surface area contributed by atoms with Crippen LogP contribution in [-0.4, -0.2) is 30.0 Å². The minimum absolute atomic E-state index is 0.219. The fraction of sp³-hybridized carbons (Fsp3) is 0.100. The molecular formula is C20H17N3O4. The molecule has 3 aromatic rings. The van der Waals surface area contributed by atoms with E-state index in [4.69, 9.17) is 14.2 Å². The normalized spacial score (nSPS) is 15.0. The zero-order valence-electron chi connectivity index (χ0n) is 14.8. The second kappa shape index (κ2) is 6.87. The highest BCUT2D eigenvalue weighted by atomic mass is 16.5. The molecule has 0 bridgehead atoms. The molecule has 0 fully saturated rings. The van der Waals surface area contributed by atoms with Gasteiger partial charge in [-0.1, -0.05) is 0 Å². The average Bonchev–Trinajstić information content (AvgIpc) is 3.26. The third-order valence-electron chi connectivity index (χ3n) is 4.16. The van der Waals surface area contributed by atoms with E-state index in [9.17, 15) is 4.79 Å². The van der Waals surface area contributed by atoms with E-state index < -0.39 is 0 Å². The van der Waals surface area contributed by atoms with Crippen LogP contribution in [0.5, 0.6) is 11.5 Å². The Morgan fingerprint density at radius 1 is 1.22 bits per heavy atom. The van der Waals surface area contributed by atoms with Crippen molar-refractivity contribution in [3.8, 4) is 11.5 Å². The number of pyridine rings is 1. The van der Waals surface area contributed by atoms with Gasteiger partial charge in [0.15, 0.2) is 5.76 Å². The van der Waals surface area contributed by atoms with Gasteiger partial charge in [-0.3, -0.25) is 4.79 Å². The van der Waals surface area contributed by atoms with Gasteiger partial charge in [0.05, 0.1) is 26.0 Å². The Balaban J connectivity index is 1.56. The number of rotatable bonds is 5. The highest BCUT2D eigenvalue weighted by molar-refractivity contribution is 6.09. The van der Waals surface area contributed by atoms with Crippen LogP contribution >= 0.6 is 0 Å². The number of aromatic nitrogens is 2. The predicted molar refractivity (Wildman–Crippen MR) is 101 cm³/mol. The minimum Gasteiger partial charge on any atom is -0.497 e. The Labute approximate surface area is 155 Å². The molecule has 7 nitrogen and oxygen atoms in total. The molecule has 0 radical (unpaired) electrons. The van der Waals surface area contributed by atoms with Gasteiger partial charge in [-0.2, -0.15) is 0 Å². The van der Waals surface area contributed by atoms with E-state index in [1.54, 1.807) is 50.9 Å². The van der Waals surface area contributed by atoms with Gasteiger partial charge in [0.2, 0.25) is 11.7 Å². The second-order valence-corrected chi connectivity index (χ2v) is 5.82. The molecule has 7 heteroatoms. The molecule has 0 amide bonds. The van der Waals surface area contributed by atoms with E-state index in [0.29, 0.717) is 23.1 Å². The van der Waals surface area contributed by atoms with Gasteiger partial charge in [-0.25, -0.2) is 4.98 Å². The van der Waals surface area contributed by atoms with E-state index in [2.05, 4.69) is 15.3 Å². The first kappa shape index (κ1) is 16.7. The van der Waals surface area contributed by atoms with Crippen LogP contribution in [0.2, 0.25) is 0 Å². The molecule has 1 aromatic carbocycles. The van der Waals surface area contributed by atoms with Crippen molar-refractivity contribution in [2.75, 3.05) is 19.5 Å². The van der Waals surface area contributed by atoms with Crippen LogP contribution < -0.4 is 14.8 Å². The third kappa shape index (κ3) is 3.22. The summed E-state index contributed by atoms with van der Waals surface area (Å²) in [5.41, 5.74) is 2.25. The first-order valence-corrected chi connectivity index (χ1v) is 8.24. The minimum atomic E-state index is -0.219. The fourth-order valence-electron chi connectivity index (χ4n) is 2.82. The van der Waals surface area contributed by atoms with Gasteiger partial charge >= 0.3 is 0 Å². The number of H-pyrrole nitrogens is 1. The summed E-state index contributed by atoms with van der Waals surface area (Å²) in [5.74, 6) is 1.58. The maximum absolute atomic E-state index is 12.3. The first-order valence-electron chi connectivity index (χ1n) is 8.24. The van der Waals surface area contributed by atoms with Crippen LogP contribution in [0.3, 0.4) is 0 Å². The monoisotopic (exact) mass is 363 g/mol. The topological polar surface area (TPSA) is 85.5 Å². The van der Waals surface area contributed by atoms with E-state index in [1.807, 2.05) is 12.1 Å².